The maximum atomic E-state index is 12.6. The number of rotatable bonds is 6. The van der Waals surface area contributed by atoms with E-state index in [1.165, 1.54) is 6.20 Å². The first kappa shape index (κ1) is 23.3. The number of benzene rings is 2. The maximum Gasteiger partial charge on any atom is 0.326 e. The first-order valence-electron chi connectivity index (χ1n) is 10.2. The van der Waals surface area contributed by atoms with Gasteiger partial charge in [-0.3, -0.25) is 4.79 Å². The fourth-order valence-electron chi connectivity index (χ4n) is 3.45. The van der Waals surface area contributed by atoms with Gasteiger partial charge < -0.3 is 21.1 Å². The van der Waals surface area contributed by atoms with Crippen molar-refractivity contribution in [2.24, 2.45) is 16.5 Å². The number of nitrogens with zero attached hydrogens (tertiary/aromatic N) is 3. The Morgan fingerprint density at radius 2 is 1.88 bits per heavy atom. The molecule has 0 aliphatic rings. The highest BCUT2D eigenvalue weighted by molar-refractivity contribution is 6.35. The average Bonchev–Trinajstić information content (AvgIpc) is 2.68. The molecule has 0 saturated heterocycles. The van der Waals surface area contributed by atoms with Crippen molar-refractivity contribution in [3.05, 3.63) is 64.8 Å². The molecule has 3 aromatic rings. The van der Waals surface area contributed by atoms with E-state index in [-0.39, 0.29) is 18.5 Å². The molecule has 1 heterocycles. The van der Waals surface area contributed by atoms with Crippen molar-refractivity contribution in [3.8, 4) is 0 Å². The van der Waals surface area contributed by atoms with Crippen molar-refractivity contribution >= 4 is 45.8 Å². The molecule has 0 amide bonds. The number of aryl methyl sites for hydroxylation is 1. The molecule has 4 N–H and O–H groups in total. The van der Waals surface area contributed by atoms with Crippen LogP contribution in [0.1, 0.15) is 31.9 Å². The fraction of sp³-hybridized carbons (Fsp3) is 0.292. The van der Waals surface area contributed by atoms with E-state index < -0.39 is 5.60 Å². The number of guanidine groups is 1. The van der Waals surface area contributed by atoms with Crippen LogP contribution < -0.4 is 16.4 Å². The van der Waals surface area contributed by atoms with Gasteiger partial charge in [0, 0.05) is 29.2 Å². The van der Waals surface area contributed by atoms with Gasteiger partial charge in [-0.15, -0.1) is 0 Å². The van der Waals surface area contributed by atoms with E-state index >= 15 is 0 Å². The number of halogens is 1. The van der Waals surface area contributed by atoms with Crippen molar-refractivity contribution in [1.29, 1.82) is 0 Å². The Bertz CT molecular complexity index is 1170. The lowest BCUT2D eigenvalue weighted by atomic mass is 10.1. The zero-order chi connectivity index (χ0) is 23.5. The zero-order valence-corrected chi connectivity index (χ0v) is 19.5. The number of fused-ring (bicyclic) bond motifs is 1. The van der Waals surface area contributed by atoms with Crippen molar-refractivity contribution in [3.63, 3.8) is 0 Å². The third-order valence-electron chi connectivity index (χ3n) is 4.69. The molecule has 3 rings (SSSR count). The number of aromatic nitrogens is 1. The van der Waals surface area contributed by atoms with Crippen LogP contribution in [0.25, 0.3) is 10.8 Å². The smallest absolute Gasteiger partial charge is 0.326 e. The maximum absolute atomic E-state index is 12.6. The largest absolute Gasteiger partial charge is 0.459 e. The standard InChI is InChI=1S/C24H28ClN5O2/c1-15-7-5-6-8-20(15)30(14-21(31)32-24(2,3)4)13-16-9-10-17-18(11-16)22(29-23(26)27)28-12-19(17)25/h5-12H,13-14H2,1-4H3,(H4,26,27,28,29). The van der Waals surface area contributed by atoms with Crippen LogP contribution in [0.2, 0.25) is 5.02 Å². The second kappa shape index (κ2) is 9.44. The van der Waals surface area contributed by atoms with Gasteiger partial charge in [-0.05, 0) is 51.0 Å². The SMILES string of the molecule is Cc1ccccc1N(CC(=O)OC(C)(C)C)Cc1ccc2c(Cl)cnc(N=C(N)N)c2c1. The summed E-state index contributed by atoms with van der Waals surface area (Å²) < 4.78 is 5.56. The lowest BCUT2D eigenvalue weighted by molar-refractivity contribution is -0.153. The Morgan fingerprint density at radius 1 is 1.16 bits per heavy atom. The summed E-state index contributed by atoms with van der Waals surface area (Å²) in [5.41, 5.74) is 13.5. The van der Waals surface area contributed by atoms with Crippen molar-refractivity contribution < 1.29 is 9.53 Å². The number of pyridine rings is 1. The van der Waals surface area contributed by atoms with Gasteiger partial charge in [0.2, 0.25) is 0 Å². The first-order valence-corrected chi connectivity index (χ1v) is 10.6. The summed E-state index contributed by atoms with van der Waals surface area (Å²) in [6, 6.07) is 13.7. The van der Waals surface area contributed by atoms with Gasteiger partial charge in [0.1, 0.15) is 12.1 Å². The van der Waals surface area contributed by atoms with E-state index in [4.69, 9.17) is 27.8 Å². The van der Waals surface area contributed by atoms with Crippen LogP contribution in [0.3, 0.4) is 0 Å². The highest BCUT2D eigenvalue weighted by atomic mass is 35.5. The molecule has 32 heavy (non-hydrogen) atoms. The van der Waals surface area contributed by atoms with E-state index in [1.54, 1.807) is 0 Å². The summed E-state index contributed by atoms with van der Waals surface area (Å²) in [5, 5.41) is 2.02. The van der Waals surface area contributed by atoms with Crippen molar-refractivity contribution in [2.75, 3.05) is 11.4 Å². The van der Waals surface area contributed by atoms with Crippen LogP contribution in [0, 0.1) is 6.92 Å². The van der Waals surface area contributed by atoms with Crippen LogP contribution in [0.4, 0.5) is 11.5 Å². The minimum absolute atomic E-state index is 0.0852. The summed E-state index contributed by atoms with van der Waals surface area (Å²) in [4.78, 5) is 23.0. The summed E-state index contributed by atoms with van der Waals surface area (Å²) in [5.74, 6) is 0.00581. The van der Waals surface area contributed by atoms with Crippen LogP contribution in [-0.4, -0.2) is 29.1 Å². The molecule has 0 unspecified atom stereocenters. The Balaban J connectivity index is 2.01. The quantitative estimate of drug-likeness (QED) is 0.324. The van der Waals surface area contributed by atoms with Gasteiger partial charge in [-0.2, -0.15) is 4.99 Å². The average molecular weight is 454 g/mol. The van der Waals surface area contributed by atoms with E-state index in [0.29, 0.717) is 17.4 Å². The van der Waals surface area contributed by atoms with E-state index in [9.17, 15) is 4.79 Å². The molecule has 0 fully saturated rings. The number of hydrogen-bond donors (Lipinski definition) is 2. The van der Waals surface area contributed by atoms with E-state index in [1.807, 2.05) is 75.1 Å². The van der Waals surface area contributed by atoms with Gasteiger partial charge in [-0.25, -0.2) is 4.98 Å². The van der Waals surface area contributed by atoms with Crippen molar-refractivity contribution in [2.45, 2.75) is 39.8 Å². The van der Waals surface area contributed by atoms with E-state index in [0.717, 1.165) is 27.6 Å². The molecule has 0 aliphatic carbocycles. The Morgan fingerprint density at radius 3 is 2.53 bits per heavy atom. The number of esters is 1. The van der Waals surface area contributed by atoms with Gasteiger partial charge in [0.05, 0.1) is 5.02 Å². The lowest BCUT2D eigenvalue weighted by Crippen LogP contribution is -2.35. The molecule has 1 aromatic heterocycles. The van der Waals surface area contributed by atoms with E-state index in [2.05, 4.69) is 9.98 Å². The van der Waals surface area contributed by atoms with Crippen LogP contribution >= 0.6 is 11.6 Å². The minimum atomic E-state index is -0.561. The molecule has 0 radical (unpaired) electrons. The number of anilines is 1. The Hall–Kier alpha value is -3.32. The first-order chi connectivity index (χ1) is 15.0. The molecule has 7 nitrogen and oxygen atoms in total. The second-order valence-electron chi connectivity index (χ2n) is 8.58. The summed E-state index contributed by atoms with van der Waals surface area (Å²) >= 11 is 6.33. The second-order valence-corrected chi connectivity index (χ2v) is 8.98. The predicted octanol–water partition coefficient (Wildman–Crippen LogP) is 4.45. The van der Waals surface area contributed by atoms with Crippen LogP contribution in [0.5, 0.6) is 0 Å². The molecule has 0 spiro atoms. The summed E-state index contributed by atoms with van der Waals surface area (Å²) in [7, 11) is 0. The molecule has 8 heteroatoms. The normalized spacial score (nSPS) is 11.3. The Kier molecular flexibility index (Phi) is 6.89. The molecule has 2 aromatic carbocycles. The topological polar surface area (TPSA) is 107 Å². The van der Waals surface area contributed by atoms with Gasteiger partial charge in [0.15, 0.2) is 11.8 Å². The summed E-state index contributed by atoms with van der Waals surface area (Å²) in [6.07, 6.45) is 1.52. The van der Waals surface area contributed by atoms with Gasteiger partial charge >= 0.3 is 5.97 Å². The summed E-state index contributed by atoms with van der Waals surface area (Å²) in [6.45, 7) is 8.15. The number of nitrogens with two attached hydrogens (primary N) is 2. The lowest BCUT2D eigenvalue weighted by Gasteiger charge is -2.28. The monoisotopic (exact) mass is 453 g/mol. The Labute approximate surface area is 193 Å². The molecular weight excluding hydrogens is 426 g/mol. The number of carbonyl (C=O) groups is 1. The van der Waals surface area contributed by atoms with Gasteiger partial charge in [0.25, 0.3) is 0 Å². The number of aliphatic imine (C=N–C) groups is 1. The number of carbonyl (C=O) groups excluding carboxylic acids is 1. The fourth-order valence-corrected chi connectivity index (χ4v) is 3.66. The minimum Gasteiger partial charge on any atom is -0.459 e. The van der Waals surface area contributed by atoms with Crippen LogP contribution in [0.15, 0.2) is 53.7 Å². The molecule has 0 aliphatic heterocycles. The van der Waals surface area contributed by atoms with Crippen LogP contribution in [-0.2, 0) is 16.1 Å². The molecular formula is C24H28ClN5O2. The van der Waals surface area contributed by atoms with Crippen molar-refractivity contribution in [1.82, 2.24) is 4.98 Å². The highest BCUT2D eigenvalue weighted by Gasteiger charge is 2.21. The molecule has 0 saturated carbocycles. The number of hydrogen-bond acceptors (Lipinski definition) is 5. The third-order valence-corrected chi connectivity index (χ3v) is 4.99. The highest BCUT2D eigenvalue weighted by Crippen LogP contribution is 2.31. The third kappa shape index (κ3) is 5.88. The predicted molar refractivity (Wildman–Crippen MR) is 130 cm³/mol. The molecule has 0 atom stereocenters. The molecule has 0 bridgehead atoms. The number of ether oxygens (including phenoxy) is 1. The van der Waals surface area contributed by atoms with Gasteiger partial charge in [-0.1, -0.05) is 41.9 Å². The zero-order valence-electron chi connectivity index (χ0n) is 18.7. The molecule has 168 valence electrons. The number of para-hydroxylation sites is 1.